The first-order chi connectivity index (χ1) is 13.8. The van der Waals surface area contributed by atoms with Gasteiger partial charge in [-0.2, -0.15) is 0 Å². The van der Waals surface area contributed by atoms with Gasteiger partial charge < -0.3 is 15.0 Å². The van der Waals surface area contributed by atoms with E-state index in [0.717, 1.165) is 23.2 Å². The fourth-order valence-corrected chi connectivity index (χ4v) is 3.67. The Bertz CT molecular complexity index is 1060. The van der Waals surface area contributed by atoms with Crippen molar-refractivity contribution in [3.8, 4) is 0 Å². The van der Waals surface area contributed by atoms with Gasteiger partial charge in [0.05, 0.1) is 18.8 Å². The number of hydrogen-bond acceptors (Lipinski definition) is 5. The van der Waals surface area contributed by atoms with Crippen LogP contribution < -0.4 is 5.32 Å². The second-order valence-corrected chi connectivity index (χ2v) is 8.48. The van der Waals surface area contributed by atoms with Crippen LogP contribution in [0.5, 0.6) is 0 Å². The monoisotopic (exact) mass is 413 g/mol. The fourth-order valence-electron chi connectivity index (χ4n) is 3.48. The molecule has 1 aliphatic heterocycles. The molecule has 0 aliphatic carbocycles. The summed E-state index contributed by atoms with van der Waals surface area (Å²) < 4.78 is 5.48. The van der Waals surface area contributed by atoms with Crippen molar-refractivity contribution in [2.75, 3.05) is 11.9 Å². The maximum atomic E-state index is 12.4. The lowest BCUT2D eigenvalue weighted by Crippen LogP contribution is -2.33. The number of amides is 1. The number of carbonyl (C=O) groups excluding carboxylic acids is 1. The summed E-state index contributed by atoms with van der Waals surface area (Å²) in [7, 11) is 0. The van der Waals surface area contributed by atoms with E-state index in [1.165, 1.54) is 10.9 Å². The number of ether oxygens (including phenoxy) is 1. The normalized spacial score (nSPS) is 13.6. The van der Waals surface area contributed by atoms with Gasteiger partial charge in [-0.05, 0) is 50.4 Å². The number of carbonyl (C=O) groups is 1. The van der Waals surface area contributed by atoms with Crippen molar-refractivity contribution < 1.29 is 9.53 Å². The molecule has 152 valence electrons. The summed E-state index contributed by atoms with van der Waals surface area (Å²) in [5.41, 5.74) is 3.46. The summed E-state index contributed by atoms with van der Waals surface area (Å²) in [6.45, 7) is 7.00. The summed E-state index contributed by atoms with van der Waals surface area (Å²) in [6, 6.07) is 8.23. The smallest absolute Gasteiger partial charge is 0.410 e. The second-order valence-electron chi connectivity index (χ2n) is 8.14. The van der Waals surface area contributed by atoms with Gasteiger partial charge in [-0.3, -0.25) is 4.90 Å². The molecule has 2 aromatic heterocycles. The molecule has 0 spiro atoms. The number of halogens is 1. The number of aromatic nitrogens is 3. The molecule has 3 heterocycles. The molecule has 0 saturated heterocycles. The van der Waals surface area contributed by atoms with Crippen molar-refractivity contribution in [3.63, 3.8) is 0 Å². The molecule has 0 atom stereocenters. The zero-order chi connectivity index (χ0) is 20.6. The predicted octanol–water partition coefficient (Wildman–Crippen LogP) is 4.52. The standard InChI is InChI=1S/C21H24ClN5O2/c1-21(2,3)29-20(28)27-11-15-17(12-27)25-19(22)26-18(15)23-9-8-13-10-24-16-7-5-4-6-14(13)16/h4-7,10,24H,8-9,11-12H2,1-3H3,(H,23,25,26). The Morgan fingerprint density at radius 1 is 1.28 bits per heavy atom. The minimum atomic E-state index is -0.546. The Kier molecular flexibility index (Phi) is 5.08. The Hall–Kier alpha value is -2.80. The summed E-state index contributed by atoms with van der Waals surface area (Å²) in [5.74, 6) is 0.672. The highest BCUT2D eigenvalue weighted by Crippen LogP contribution is 2.29. The first kappa shape index (κ1) is 19.5. The van der Waals surface area contributed by atoms with Crippen molar-refractivity contribution >= 4 is 34.4 Å². The largest absolute Gasteiger partial charge is 0.444 e. The predicted molar refractivity (Wildman–Crippen MR) is 113 cm³/mol. The van der Waals surface area contributed by atoms with Gasteiger partial charge in [0, 0.05) is 29.2 Å². The van der Waals surface area contributed by atoms with E-state index in [1.54, 1.807) is 4.90 Å². The van der Waals surface area contributed by atoms with E-state index in [2.05, 4.69) is 32.4 Å². The van der Waals surface area contributed by atoms with Crippen molar-refractivity contribution in [1.82, 2.24) is 19.9 Å². The third kappa shape index (κ3) is 4.29. The number of para-hydroxylation sites is 1. The van der Waals surface area contributed by atoms with Crippen LogP contribution in [0.4, 0.5) is 10.6 Å². The molecule has 4 rings (SSSR count). The van der Waals surface area contributed by atoms with Crippen LogP contribution in [0.3, 0.4) is 0 Å². The molecule has 0 radical (unpaired) electrons. The lowest BCUT2D eigenvalue weighted by molar-refractivity contribution is 0.0241. The Balaban J connectivity index is 1.45. The molecule has 0 saturated carbocycles. The van der Waals surface area contributed by atoms with Gasteiger partial charge in [0.1, 0.15) is 11.4 Å². The molecule has 0 bridgehead atoms. The highest BCUT2D eigenvalue weighted by Gasteiger charge is 2.31. The quantitative estimate of drug-likeness (QED) is 0.614. The lowest BCUT2D eigenvalue weighted by Gasteiger charge is -2.24. The van der Waals surface area contributed by atoms with E-state index in [-0.39, 0.29) is 11.4 Å². The number of nitrogens with zero attached hydrogens (tertiary/aromatic N) is 3. The van der Waals surface area contributed by atoms with E-state index in [9.17, 15) is 4.79 Å². The molecule has 7 nitrogen and oxygen atoms in total. The average Bonchev–Trinajstić information content (AvgIpc) is 3.25. The van der Waals surface area contributed by atoms with E-state index < -0.39 is 5.60 Å². The number of anilines is 1. The molecule has 1 aromatic carbocycles. The van der Waals surface area contributed by atoms with Gasteiger partial charge in [-0.15, -0.1) is 0 Å². The molecule has 29 heavy (non-hydrogen) atoms. The van der Waals surface area contributed by atoms with Crippen molar-refractivity contribution in [1.29, 1.82) is 0 Å². The molecule has 1 amide bonds. The third-order valence-electron chi connectivity index (χ3n) is 4.77. The molecule has 0 fully saturated rings. The molecular weight excluding hydrogens is 390 g/mol. The van der Waals surface area contributed by atoms with Crippen molar-refractivity contribution in [2.45, 2.75) is 45.9 Å². The Labute approximate surface area is 174 Å². The van der Waals surface area contributed by atoms with Gasteiger partial charge in [0.15, 0.2) is 0 Å². The van der Waals surface area contributed by atoms with Gasteiger partial charge in [0.2, 0.25) is 5.28 Å². The van der Waals surface area contributed by atoms with Crippen molar-refractivity contribution in [3.05, 3.63) is 52.6 Å². The lowest BCUT2D eigenvalue weighted by atomic mass is 10.1. The number of hydrogen-bond donors (Lipinski definition) is 2. The zero-order valence-electron chi connectivity index (χ0n) is 16.8. The third-order valence-corrected chi connectivity index (χ3v) is 4.94. The minimum Gasteiger partial charge on any atom is -0.444 e. The summed E-state index contributed by atoms with van der Waals surface area (Å²) in [6.07, 6.45) is 2.50. The molecule has 8 heteroatoms. The molecular formula is C21H24ClN5O2. The number of aromatic amines is 1. The van der Waals surface area contributed by atoms with E-state index in [1.807, 2.05) is 39.1 Å². The average molecular weight is 414 g/mol. The summed E-state index contributed by atoms with van der Waals surface area (Å²) >= 11 is 6.12. The number of H-pyrrole nitrogens is 1. The van der Waals surface area contributed by atoms with Gasteiger partial charge in [-0.1, -0.05) is 18.2 Å². The molecule has 3 aromatic rings. The molecule has 2 N–H and O–H groups in total. The van der Waals surface area contributed by atoms with Crippen LogP contribution in [0.15, 0.2) is 30.5 Å². The summed E-state index contributed by atoms with van der Waals surface area (Å²) in [4.78, 5) is 26.0. The van der Waals surface area contributed by atoms with Crippen molar-refractivity contribution in [2.24, 2.45) is 0 Å². The van der Waals surface area contributed by atoms with Gasteiger partial charge in [0.25, 0.3) is 0 Å². The van der Waals surface area contributed by atoms with Crippen LogP contribution in [0.25, 0.3) is 10.9 Å². The number of fused-ring (bicyclic) bond motifs is 2. The van der Waals surface area contributed by atoms with Crippen LogP contribution in [0.2, 0.25) is 5.28 Å². The highest BCUT2D eigenvalue weighted by atomic mass is 35.5. The van der Waals surface area contributed by atoms with E-state index in [0.29, 0.717) is 25.5 Å². The zero-order valence-corrected chi connectivity index (χ0v) is 17.5. The van der Waals surface area contributed by atoms with Crippen LogP contribution in [0, 0.1) is 0 Å². The Morgan fingerprint density at radius 3 is 2.86 bits per heavy atom. The SMILES string of the molecule is CC(C)(C)OC(=O)N1Cc2nc(Cl)nc(NCCc3c[nH]c4ccccc34)c2C1. The van der Waals surface area contributed by atoms with Gasteiger partial charge in [-0.25, -0.2) is 14.8 Å². The molecule has 0 unspecified atom stereocenters. The summed E-state index contributed by atoms with van der Waals surface area (Å²) in [5, 5.41) is 4.76. The van der Waals surface area contributed by atoms with Crippen LogP contribution in [0.1, 0.15) is 37.6 Å². The number of nitrogens with one attached hydrogen (secondary N) is 2. The van der Waals surface area contributed by atoms with Crippen LogP contribution in [-0.4, -0.2) is 38.1 Å². The number of benzene rings is 1. The minimum absolute atomic E-state index is 0.171. The molecule has 1 aliphatic rings. The first-order valence-corrected chi connectivity index (χ1v) is 10.00. The number of rotatable bonds is 4. The topological polar surface area (TPSA) is 83.1 Å². The fraction of sp³-hybridized carbons (Fsp3) is 0.381. The maximum absolute atomic E-state index is 12.4. The van der Waals surface area contributed by atoms with E-state index in [4.69, 9.17) is 16.3 Å². The van der Waals surface area contributed by atoms with Crippen LogP contribution >= 0.6 is 11.6 Å². The second kappa shape index (κ2) is 7.55. The highest BCUT2D eigenvalue weighted by molar-refractivity contribution is 6.28. The van der Waals surface area contributed by atoms with Crippen LogP contribution in [-0.2, 0) is 24.2 Å². The van der Waals surface area contributed by atoms with E-state index >= 15 is 0 Å². The first-order valence-electron chi connectivity index (χ1n) is 9.62. The maximum Gasteiger partial charge on any atom is 0.410 e. The van der Waals surface area contributed by atoms with Gasteiger partial charge >= 0.3 is 6.09 Å². The Morgan fingerprint density at radius 2 is 2.07 bits per heavy atom.